The van der Waals surface area contributed by atoms with Crippen molar-refractivity contribution >= 4 is 17.3 Å². The van der Waals surface area contributed by atoms with Crippen LogP contribution in [0.1, 0.15) is 30.4 Å². The molecule has 1 aliphatic rings. The lowest BCUT2D eigenvalue weighted by atomic mass is 9.73. The molecule has 0 saturated carbocycles. The fraction of sp³-hybridized carbons (Fsp3) is 0.333. The van der Waals surface area contributed by atoms with Gasteiger partial charge >= 0.3 is 5.97 Å². The van der Waals surface area contributed by atoms with Gasteiger partial charge < -0.3 is 18.9 Å². The van der Waals surface area contributed by atoms with E-state index in [1.165, 1.54) is 6.08 Å². The van der Waals surface area contributed by atoms with Gasteiger partial charge in [0.15, 0.2) is 5.78 Å². The highest BCUT2D eigenvalue weighted by molar-refractivity contribution is 6.11. The smallest absolute Gasteiger partial charge is 0.317 e. The van der Waals surface area contributed by atoms with Crippen LogP contribution in [0.2, 0.25) is 0 Å². The minimum absolute atomic E-state index is 0.212. The van der Waals surface area contributed by atoms with Gasteiger partial charge in [-0.15, -0.1) is 0 Å². The van der Waals surface area contributed by atoms with Crippen LogP contribution in [0.3, 0.4) is 0 Å². The van der Waals surface area contributed by atoms with Crippen LogP contribution < -0.4 is 14.2 Å². The number of benzene rings is 2. The molecule has 0 aromatic heterocycles. The van der Waals surface area contributed by atoms with Gasteiger partial charge in [-0.3, -0.25) is 9.59 Å². The van der Waals surface area contributed by atoms with E-state index in [1.54, 1.807) is 34.3 Å². The van der Waals surface area contributed by atoms with Crippen molar-refractivity contribution in [3.63, 3.8) is 0 Å². The molecule has 0 bridgehead atoms. The number of rotatable bonds is 7. The van der Waals surface area contributed by atoms with Crippen molar-refractivity contribution in [3.05, 3.63) is 59.7 Å². The Morgan fingerprint density at radius 1 is 1.00 bits per heavy atom. The Morgan fingerprint density at radius 3 is 2.40 bits per heavy atom. The summed E-state index contributed by atoms with van der Waals surface area (Å²) in [7, 11) is 4.73. The van der Waals surface area contributed by atoms with E-state index >= 15 is 0 Å². The van der Waals surface area contributed by atoms with E-state index in [9.17, 15) is 9.59 Å². The molecule has 0 aliphatic heterocycles. The quantitative estimate of drug-likeness (QED) is 0.507. The maximum absolute atomic E-state index is 13.1. The Kier molecular flexibility index (Phi) is 6.77. The first-order valence-corrected chi connectivity index (χ1v) is 9.80. The molecule has 0 N–H and O–H groups in total. The van der Waals surface area contributed by atoms with E-state index in [0.717, 1.165) is 16.7 Å². The molecule has 0 radical (unpaired) electrons. The largest absolute Gasteiger partial charge is 0.497 e. The zero-order valence-corrected chi connectivity index (χ0v) is 17.6. The summed E-state index contributed by atoms with van der Waals surface area (Å²) in [4.78, 5) is 25.8. The SMILES string of the molecule is CCOC(=O)[C@H]1C(=O)C=C(c2ccc(OC)cc2OC)C[C@H]1c1ccccc1OC. The topological polar surface area (TPSA) is 71.1 Å². The number of hydrogen-bond donors (Lipinski definition) is 0. The molecule has 6 heteroatoms. The summed E-state index contributed by atoms with van der Waals surface area (Å²) < 4.78 is 21.5. The maximum atomic E-state index is 13.1. The van der Waals surface area contributed by atoms with Crippen molar-refractivity contribution < 1.29 is 28.5 Å². The van der Waals surface area contributed by atoms with Gasteiger partial charge in [0, 0.05) is 17.5 Å². The minimum Gasteiger partial charge on any atom is -0.497 e. The second-order valence-corrected chi connectivity index (χ2v) is 6.92. The molecule has 0 amide bonds. The van der Waals surface area contributed by atoms with Crippen molar-refractivity contribution in [1.82, 2.24) is 0 Å². The Hall–Kier alpha value is -3.28. The number of methoxy groups -OCH3 is 3. The zero-order valence-electron chi connectivity index (χ0n) is 17.6. The van der Waals surface area contributed by atoms with Crippen molar-refractivity contribution in [2.24, 2.45) is 5.92 Å². The van der Waals surface area contributed by atoms with Crippen LogP contribution >= 0.6 is 0 Å². The number of allylic oxidation sites excluding steroid dienone is 2. The van der Waals surface area contributed by atoms with Crippen molar-refractivity contribution in [3.8, 4) is 17.2 Å². The molecule has 30 heavy (non-hydrogen) atoms. The fourth-order valence-electron chi connectivity index (χ4n) is 3.90. The molecule has 2 aromatic carbocycles. The lowest BCUT2D eigenvalue weighted by Gasteiger charge is -2.30. The Bertz CT molecular complexity index is 962. The Balaban J connectivity index is 2.10. The molecule has 0 spiro atoms. The van der Waals surface area contributed by atoms with Crippen molar-refractivity contribution in [2.75, 3.05) is 27.9 Å². The molecule has 0 heterocycles. The molecule has 158 valence electrons. The van der Waals surface area contributed by atoms with E-state index in [1.807, 2.05) is 36.4 Å². The number of carbonyl (C=O) groups excluding carboxylic acids is 2. The Labute approximate surface area is 176 Å². The van der Waals surface area contributed by atoms with Crippen LogP contribution in [0, 0.1) is 5.92 Å². The number of para-hydroxylation sites is 1. The van der Waals surface area contributed by atoms with Crippen molar-refractivity contribution in [1.29, 1.82) is 0 Å². The number of hydrogen-bond acceptors (Lipinski definition) is 6. The molecule has 0 unspecified atom stereocenters. The van der Waals surface area contributed by atoms with E-state index in [0.29, 0.717) is 23.7 Å². The van der Waals surface area contributed by atoms with Gasteiger partial charge in [-0.2, -0.15) is 0 Å². The highest BCUT2D eigenvalue weighted by Crippen LogP contribution is 2.45. The van der Waals surface area contributed by atoms with Crippen LogP contribution in [0.15, 0.2) is 48.5 Å². The standard InChI is InChI=1S/C24H26O6/c1-5-30-24(26)23-19(18-8-6-7-9-21(18)28-3)12-15(13-20(23)25)17-11-10-16(27-2)14-22(17)29-4/h6-11,13-14,19,23H,5,12H2,1-4H3/t19-,23+/m0/s1. The highest BCUT2D eigenvalue weighted by Gasteiger charge is 2.41. The normalized spacial score (nSPS) is 18.4. The third kappa shape index (κ3) is 4.17. The van der Waals surface area contributed by atoms with Crippen molar-refractivity contribution in [2.45, 2.75) is 19.3 Å². The molecule has 1 aliphatic carbocycles. The van der Waals surface area contributed by atoms with Gasteiger partial charge in [0.2, 0.25) is 0 Å². The van der Waals surface area contributed by atoms with Crippen LogP contribution in [-0.4, -0.2) is 39.7 Å². The van der Waals surface area contributed by atoms with Gasteiger partial charge in [-0.1, -0.05) is 18.2 Å². The molecule has 2 aromatic rings. The van der Waals surface area contributed by atoms with Crippen LogP contribution in [0.25, 0.3) is 5.57 Å². The molecular weight excluding hydrogens is 384 g/mol. The minimum atomic E-state index is -0.922. The van der Waals surface area contributed by atoms with E-state index in [2.05, 4.69) is 0 Å². The average molecular weight is 410 g/mol. The monoisotopic (exact) mass is 410 g/mol. The molecule has 0 saturated heterocycles. The van der Waals surface area contributed by atoms with Gasteiger partial charge in [-0.25, -0.2) is 0 Å². The van der Waals surface area contributed by atoms with E-state index in [4.69, 9.17) is 18.9 Å². The van der Waals surface area contributed by atoms with E-state index < -0.39 is 17.8 Å². The zero-order chi connectivity index (χ0) is 21.7. The maximum Gasteiger partial charge on any atom is 0.317 e. The lowest BCUT2D eigenvalue weighted by molar-refractivity contribution is -0.151. The first kappa shape index (κ1) is 21.4. The molecule has 0 fully saturated rings. The number of ether oxygens (including phenoxy) is 4. The van der Waals surface area contributed by atoms with Crippen LogP contribution in [0.4, 0.5) is 0 Å². The summed E-state index contributed by atoms with van der Waals surface area (Å²) in [5.41, 5.74) is 2.37. The number of esters is 1. The van der Waals surface area contributed by atoms with Crippen LogP contribution in [-0.2, 0) is 14.3 Å². The van der Waals surface area contributed by atoms with E-state index in [-0.39, 0.29) is 12.4 Å². The summed E-state index contributed by atoms with van der Waals surface area (Å²) in [5.74, 6) is -0.258. The van der Waals surface area contributed by atoms with Crippen LogP contribution in [0.5, 0.6) is 17.2 Å². The Morgan fingerprint density at radius 2 is 1.73 bits per heavy atom. The fourth-order valence-corrected chi connectivity index (χ4v) is 3.90. The molecular formula is C24H26O6. The van der Waals surface area contributed by atoms with Gasteiger partial charge in [0.1, 0.15) is 23.2 Å². The first-order valence-electron chi connectivity index (χ1n) is 9.80. The summed E-state index contributed by atoms with van der Waals surface area (Å²) >= 11 is 0. The average Bonchev–Trinajstić information content (AvgIpc) is 2.78. The van der Waals surface area contributed by atoms with Gasteiger partial charge in [-0.05, 0) is 48.8 Å². The highest BCUT2D eigenvalue weighted by atomic mass is 16.5. The van der Waals surface area contributed by atoms with Gasteiger partial charge in [0.05, 0.1) is 27.9 Å². The summed E-state index contributed by atoms with van der Waals surface area (Å²) in [6.07, 6.45) is 1.98. The second kappa shape index (κ2) is 9.48. The summed E-state index contributed by atoms with van der Waals surface area (Å²) in [5, 5.41) is 0. The van der Waals surface area contributed by atoms with Gasteiger partial charge in [0.25, 0.3) is 0 Å². The summed E-state index contributed by atoms with van der Waals surface area (Å²) in [6, 6.07) is 12.9. The third-order valence-electron chi connectivity index (χ3n) is 5.30. The second-order valence-electron chi connectivity index (χ2n) is 6.92. The predicted octanol–water partition coefficient (Wildman–Crippen LogP) is 4.03. The number of carbonyl (C=O) groups is 2. The predicted molar refractivity (Wildman–Crippen MR) is 113 cm³/mol. The first-order chi connectivity index (χ1) is 14.5. The molecule has 2 atom stereocenters. The molecule has 3 rings (SSSR count). The third-order valence-corrected chi connectivity index (χ3v) is 5.30. The number of ketones is 1. The molecule has 6 nitrogen and oxygen atoms in total. The lowest BCUT2D eigenvalue weighted by Crippen LogP contribution is -2.34. The summed E-state index contributed by atoms with van der Waals surface area (Å²) in [6.45, 7) is 1.94.